The average molecular weight is 395 g/mol. The summed E-state index contributed by atoms with van der Waals surface area (Å²) in [5, 5.41) is 0. The van der Waals surface area contributed by atoms with E-state index in [0.717, 1.165) is 50.9 Å². The van der Waals surface area contributed by atoms with Crippen molar-refractivity contribution >= 4 is 16.7 Å². The number of rotatable bonds is 3. The maximum absolute atomic E-state index is 4.89. The lowest BCUT2D eigenvalue weighted by Crippen LogP contribution is -2.21. The number of nitrogens with one attached hydrogen (secondary N) is 3. The van der Waals surface area contributed by atoms with E-state index < -0.39 is 0 Å². The van der Waals surface area contributed by atoms with Crippen LogP contribution in [0.1, 0.15) is 23.3 Å². The Labute approximate surface area is 171 Å². The van der Waals surface area contributed by atoms with Crippen LogP contribution in [0.15, 0.2) is 61.6 Å². The molecule has 9 nitrogen and oxygen atoms in total. The van der Waals surface area contributed by atoms with E-state index in [4.69, 9.17) is 9.97 Å². The lowest BCUT2D eigenvalue weighted by atomic mass is 10.1. The zero-order valence-corrected chi connectivity index (χ0v) is 16.0. The van der Waals surface area contributed by atoms with Gasteiger partial charge >= 0.3 is 0 Å². The predicted octanol–water partition coefficient (Wildman–Crippen LogP) is 2.93. The second kappa shape index (κ2) is 6.46. The van der Waals surface area contributed by atoms with Gasteiger partial charge in [-0.3, -0.25) is 9.97 Å². The van der Waals surface area contributed by atoms with Gasteiger partial charge in [0.15, 0.2) is 0 Å². The van der Waals surface area contributed by atoms with Crippen LogP contribution in [0.5, 0.6) is 0 Å². The van der Waals surface area contributed by atoms with Crippen LogP contribution in [0.4, 0.5) is 5.69 Å². The van der Waals surface area contributed by atoms with Crippen LogP contribution in [0, 0.1) is 6.92 Å². The van der Waals surface area contributed by atoms with Gasteiger partial charge < -0.3 is 15.0 Å². The maximum atomic E-state index is 4.89. The number of aromatic nitrogens is 7. The largest absolute Gasteiger partial charge is 0.339 e. The molecule has 0 fully saturated rings. The van der Waals surface area contributed by atoms with Gasteiger partial charge in [0.1, 0.15) is 17.4 Å². The number of fused-ring (bicyclic) bond motifs is 2. The first-order valence-electron chi connectivity index (χ1n) is 9.54. The quantitative estimate of drug-likeness (QED) is 0.431. The minimum absolute atomic E-state index is 0.216. The molecular formula is C21H17N9. The highest BCUT2D eigenvalue weighted by Crippen LogP contribution is 2.33. The van der Waals surface area contributed by atoms with E-state index >= 15 is 0 Å². The number of hydrogen-bond donors (Lipinski definition) is 3. The van der Waals surface area contributed by atoms with E-state index in [9.17, 15) is 0 Å². The van der Waals surface area contributed by atoms with Gasteiger partial charge in [0.05, 0.1) is 52.7 Å². The van der Waals surface area contributed by atoms with Crippen LogP contribution < -0.4 is 10.9 Å². The summed E-state index contributed by atoms with van der Waals surface area (Å²) in [4.78, 5) is 25.9. The Hall–Kier alpha value is -4.11. The molecule has 5 aromatic heterocycles. The summed E-state index contributed by atoms with van der Waals surface area (Å²) in [7, 11) is 0. The SMILES string of the molecule is Cc1cn(-c2cncc3[nH]c(C4NNc5ccc(-c6ccncc6)nc54)nc23)cn1. The lowest BCUT2D eigenvalue weighted by molar-refractivity contribution is 0.676. The fraction of sp³-hybridized carbons (Fsp3) is 0.0952. The van der Waals surface area contributed by atoms with E-state index in [-0.39, 0.29) is 6.04 Å². The minimum atomic E-state index is -0.216. The molecule has 146 valence electrons. The number of aryl methyl sites for hydroxylation is 1. The van der Waals surface area contributed by atoms with Gasteiger partial charge in [-0.05, 0) is 31.2 Å². The Bertz CT molecular complexity index is 1370. The number of H-pyrrole nitrogens is 1. The normalized spacial score (nSPS) is 15.3. The number of nitrogens with zero attached hydrogens (tertiary/aromatic N) is 6. The van der Waals surface area contributed by atoms with Crippen LogP contribution in [-0.2, 0) is 0 Å². The number of imidazole rings is 2. The van der Waals surface area contributed by atoms with Crippen molar-refractivity contribution in [2.75, 3.05) is 5.43 Å². The van der Waals surface area contributed by atoms with Crippen molar-refractivity contribution in [3.05, 3.63) is 78.8 Å². The number of aromatic amines is 1. The van der Waals surface area contributed by atoms with Crippen molar-refractivity contribution in [1.82, 2.24) is 39.9 Å². The summed E-state index contributed by atoms with van der Waals surface area (Å²) in [5.74, 6) is 0.765. The first-order chi connectivity index (χ1) is 14.8. The monoisotopic (exact) mass is 395 g/mol. The summed E-state index contributed by atoms with van der Waals surface area (Å²) in [6.45, 7) is 1.96. The van der Waals surface area contributed by atoms with Crippen molar-refractivity contribution in [3.8, 4) is 16.9 Å². The third-order valence-corrected chi connectivity index (χ3v) is 5.18. The molecule has 1 unspecified atom stereocenters. The summed E-state index contributed by atoms with van der Waals surface area (Å²) in [6.07, 6.45) is 10.8. The van der Waals surface area contributed by atoms with Crippen molar-refractivity contribution in [1.29, 1.82) is 0 Å². The van der Waals surface area contributed by atoms with E-state index in [0.29, 0.717) is 0 Å². The number of hydrogen-bond acceptors (Lipinski definition) is 7. The van der Waals surface area contributed by atoms with E-state index in [1.807, 2.05) is 42.0 Å². The Kier molecular flexibility index (Phi) is 3.62. The number of anilines is 1. The zero-order chi connectivity index (χ0) is 20.1. The first-order valence-corrected chi connectivity index (χ1v) is 9.54. The average Bonchev–Trinajstić information content (AvgIpc) is 3.51. The highest BCUT2D eigenvalue weighted by molar-refractivity contribution is 5.83. The Balaban J connectivity index is 1.44. The van der Waals surface area contributed by atoms with E-state index in [1.165, 1.54) is 0 Å². The van der Waals surface area contributed by atoms with Crippen LogP contribution >= 0.6 is 0 Å². The van der Waals surface area contributed by atoms with Gasteiger partial charge in [-0.25, -0.2) is 20.4 Å². The van der Waals surface area contributed by atoms with Crippen molar-refractivity contribution in [3.63, 3.8) is 0 Å². The first kappa shape index (κ1) is 16.8. The maximum Gasteiger partial charge on any atom is 0.132 e. The topological polar surface area (TPSA) is 109 Å². The smallest absolute Gasteiger partial charge is 0.132 e. The van der Waals surface area contributed by atoms with Gasteiger partial charge in [0.25, 0.3) is 0 Å². The van der Waals surface area contributed by atoms with Gasteiger partial charge in [-0.2, -0.15) is 0 Å². The fourth-order valence-corrected chi connectivity index (χ4v) is 3.72. The Morgan fingerprint density at radius 3 is 2.73 bits per heavy atom. The van der Waals surface area contributed by atoms with Gasteiger partial charge in [-0.1, -0.05) is 0 Å². The van der Waals surface area contributed by atoms with Crippen LogP contribution in [0.2, 0.25) is 0 Å². The highest BCUT2D eigenvalue weighted by atomic mass is 15.4. The van der Waals surface area contributed by atoms with Crippen molar-refractivity contribution < 1.29 is 0 Å². The van der Waals surface area contributed by atoms with Gasteiger partial charge in [0.2, 0.25) is 0 Å². The molecule has 1 aliphatic rings. The summed E-state index contributed by atoms with van der Waals surface area (Å²) >= 11 is 0. The Morgan fingerprint density at radius 2 is 1.90 bits per heavy atom. The summed E-state index contributed by atoms with van der Waals surface area (Å²) in [5.41, 5.74) is 13.7. The second-order valence-electron chi connectivity index (χ2n) is 7.17. The molecule has 30 heavy (non-hydrogen) atoms. The lowest BCUT2D eigenvalue weighted by Gasteiger charge is -2.08. The van der Waals surface area contributed by atoms with Crippen LogP contribution in [0.3, 0.4) is 0 Å². The van der Waals surface area contributed by atoms with Gasteiger partial charge in [0, 0.05) is 24.2 Å². The molecule has 9 heteroatoms. The number of hydrazine groups is 1. The third-order valence-electron chi connectivity index (χ3n) is 5.18. The number of pyridine rings is 3. The van der Waals surface area contributed by atoms with E-state index in [2.05, 4.69) is 30.8 Å². The molecule has 1 aliphatic heterocycles. The third kappa shape index (κ3) is 2.64. The molecule has 1 atom stereocenters. The predicted molar refractivity (Wildman–Crippen MR) is 112 cm³/mol. The molecule has 5 aromatic rings. The van der Waals surface area contributed by atoms with E-state index in [1.54, 1.807) is 31.1 Å². The van der Waals surface area contributed by atoms with Crippen molar-refractivity contribution in [2.24, 2.45) is 0 Å². The van der Waals surface area contributed by atoms with Crippen LogP contribution in [0.25, 0.3) is 28.0 Å². The zero-order valence-electron chi connectivity index (χ0n) is 16.0. The Morgan fingerprint density at radius 1 is 1.00 bits per heavy atom. The fourth-order valence-electron chi connectivity index (χ4n) is 3.72. The molecule has 6 heterocycles. The van der Waals surface area contributed by atoms with Gasteiger partial charge in [-0.15, -0.1) is 0 Å². The molecule has 0 aliphatic carbocycles. The van der Waals surface area contributed by atoms with Crippen molar-refractivity contribution in [2.45, 2.75) is 13.0 Å². The summed E-state index contributed by atoms with van der Waals surface area (Å²) in [6, 6.07) is 7.70. The summed E-state index contributed by atoms with van der Waals surface area (Å²) < 4.78 is 1.93. The molecule has 0 spiro atoms. The molecule has 6 rings (SSSR count). The molecule has 0 amide bonds. The van der Waals surface area contributed by atoms with Crippen LogP contribution in [-0.4, -0.2) is 34.5 Å². The standard InChI is InChI=1S/C21H17N9/c1-12-10-30(11-24-12)17-9-23-8-16-18(17)27-21(26-16)20-19-15(28-29-20)3-2-14(25-19)13-4-6-22-7-5-13/h2-11,20,28-29H,1H3,(H,26,27). The molecule has 0 radical (unpaired) electrons. The minimum Gasteiger partial charge on any atom is -0.339 e. The second-order valence-corrected chi connectivity index (χ2v) is 7.17. The highest BCUT2D eigenvalue weighted by Gasteiger charge is 2.28. The molecule has 0 saturated carbocycles. The molecular weight excluding hydrogens is 378 g/mol. The molecule has 0 bridgehead atoms. The molecule has 0 aromatic carbocycles. The molecule has 0 saturated heterocycles. The molecule has 3 N–H and O–H groups in total.